The average Bonchev–Trinajstić information content (AvgIpc) is 2.92. The van der Waals surface area contributed by atoms with Crippen LogP contribution in [-0.4, -0.2) is 32.3 Å². The zero-order valence-corrected chi connectivity index (χ0v) is 12.7. The molecule has 0 unspecified atom stereocenters. The molecule has 1 aromatic rings. The number of aliphatic hydroxyl groups is 1. The zero-order chi connectivity index (χ0) is 14.8. The van der Waals surface area contributed by atoms with E-state index in [9.17, 15) is 13.5 Å². The minimum absolute atomic E-state index is 0.215. The van der Waals surface area contributed by atoms with Crippen LogP contribution in [0.3, 0.4) is 0 Å². The monoisotopic (exact) mass is 299 g/mol. The number of fused-ring (bicyclic) bond motifs is 1. The van der Waals surface area contributed by atoms with Crippen molar-refractivity contribution < 1.29 is 18.3 Å². The van der Waals surface area contributed by atoms with Gasteiger partial charge in [-0.05, 0) is 36.6 Å². The van der Waals surface area contributed by atoms with E-state index in [2.05, 4.69) is 4.72 Å². The van der Waals surface area contributed by atoms with Crippen LogP contribution in [0.15, 0.2) is 23.1 Å². The molecule has 0 spiro atoms. The quantitative estimate of drug-likeness (QED) is 0.833. The van der Waals surface area contributed by atoms with Crippen LogP contribution in [0.1, 0.15) is 32.3 Å². The van der Waals surface area contributed by atoms with Crippen LogP contribution in [0, 0.1) is 0 Å². The molecule has 5 nitrogen and oxygen atoms in total. The van der Waals surface area contributed by atoms with Gasteiger partial charge in [0.15, 0.2) is 0 Å². The number of hydrogen-bond acceptors (Lipinski definition) is 4. The van der Waals surface area contributed by atoms with E-state index in [0.29, 0.717) is 19.4 Å². The number of rotatable bonds is 6. The van der Waals surface area contributed by atoms with Crippen LogP contribution in [0.4, 0.5) is 0 Å². The number of hydrogen-bond donors (Lipinski definition) is 2. The van der Waals surface area contributed by atoms with Crippen molar-refractivity contribution in [2.75, 3.05) is 13.2 Å². The molecule has 1 aliphatic rings. The predicted octanol–water partition coefficient (Wildman–Crippen LogP) is 1.45. The lowest BCUT2D eigenvalue weighted by Crippen LogP contribution is -2.50. The Kier molecular flexibility index (Phi) is 4.36. The van der Waals surface area contributed by atoms with Crippen LogP contribution in [0.5, 0.6) is 5.75 Å². The van der Waals surface area contributed by atoms with Gasteiger partial charge in [-0.3, -0.25) is 0 Å². The molecule has 0 amide bonds. The summed E-state index contributed by atoms with van der Waals surface area (Å²) in [5, 5.41) is 9.49. The molecular weight excluding hydrogens is 278 g/mol. The summed E-state index contributed by atoms with van der Waals surface area (Å²) in [4.78, 5) is 0.224. The highest BCUT2D eigenvalue weighted by Crippen LogP contribution is 2.28. The van der Waals surface area contributed by atoms with Gasteiger partial charge in [0.2, 0.25) is 10.0 Å². The van der Waals surface area contributed by atoms with E-state index >= 15 is 0 Å². The first-order valence-corrected chi connectivity index (χ1v) is 8.35. The Balaban J connectivity index is 2.31. The minimum Gasteiger partial charge on any atom is -0.493 e. The maximum atomic E-state index is 12.5. The van der Waals surface area contributed by atoms with Crippen molar-refractivity contribution in [1.29, 1.82) is 0 Å². The molecule has 0 fully saturated rings. The highest BCUT2D eigenvalue weighted by molar-refractivity contribution is 7.89. The van der Waals surface area contributed by atoms with E-state index in [0.717, 1.165) is 17.7 Å². The van der Waals surface area contributed by atoms with Crippen LogP contribution in [-0.2, 0) is 16.4 Å². The van der Waals surface area contributed by atoms with Crippen molar-refractivity contribution in [1.82, 2.24) is 4.72 Å². The fraction of sp³-hybridized carbons (Fsp3) is 0.571. The molecule has 2 N–H and O–H groups in total. The van der Waals surface area contributed by atoms with Gasteiger partial charge in [-0.15, -0.1) is 0 Å². The largest absolute Gasteiger partial charge is 0.493 e. The lowest BCUT2D eigenvalue weighted by molar-refractivity contribution is 0.172. The summed E-state index contributed by atoms with van der Waals surface area (Å²) < 4.78 is 32.9. The molecule has 6 heteroatoms. The third-order valence-electron chi connectivity index (χ3n) is 3.98. The first kappa shape index (κ1) is 15.3. The molecule has 0 radical (unpaired) electrons. The number of ether oxygens (including phenoxy) is 1. The van der Waals surface area contributed by atoms with E-state index in [4.69, 9.17) is 4.74 Å². The van der Waals surface area contributed by atoms with Crippen molar-refractivity contribution in [3.63, 3.8) is 0 Å². The van der Waals surface area contributed by atoms with Gasteiger partial charge in [0.05, 0.1) is 23.6 Å². The van der Waals surface area contributed by atoms with Crippen molar-refractivity contribution in [2.45, 2.75) is 43.5 Å². The molecule has 1 heterocycles. The number of nitrogens with one attached hydrogen (secondary N) is 1. The Morgan fingerprint density at radius 2 is 2.05 bits per heavy atom. The van der Waals surface area contributed by atoms with E-state index in [-0.39, 0.29) is 11.5 Å². The van der Waals surface area contributed by atoms with Gasteiger partial charge in [-0.1, -0.05) is 13.8 Å². The third-order valence-corrected chi connectivity index (χ3v) is 5.55. The Hall–Kier alpha value is -1.11. The van der Waals surface area contributed by atoms with E-state index in [1.165, 1.54) is 0 Å². The second-order valence-electron chi connectivity index (χ2n) is 5.12. The first-order valence-electron chi connectivity index (χ1n) is 6.87. The maximum absolute atomic E-state index is 12.5. The van der Waals surface area contributed by atoms with Crippen molar-refractivity contribution >= 4 is 10.0 Å². The van der Waals surface area contributed by atoms with Gasteiger partial charge < -0.3 is 9.84 Å². The number of benzene rings is 1. The SMILES string of the molecule is CCC(CC)(CO)NS(=O)(=O)c1ccc2c(c1)CCO2. The van der Waals surface area contributed by atoms with Gasteiger partial charge in [-0.2, -0.15) is 0 Å². The van der Waals surface area contributed by atoms with E-state index < -0.39 is 15.6 Å². The predicted molar refractivity (Wildman–Crippen MR) is 76.4 cm³/mol. The Morgan fingerprint density at radius 3 is 2.65 bits per heavy atom. The molecule has 0 bridgehead atoms. The molecule has 112 valence electrons. The van der Waals surface area contributed by atoms with Gasteiger partial charge >= 0.3 is 0 Å². The topological polar surface area (TPSA) is 75.6 Å². The Bertz CT molecular complexity index is 571. The molecule has 0 saturated heterocycles. The van der Waals surface area contributed by atoms with E-state index in [1.807, 2.05) is 13.8 Å². The third kappa shape index (κ3) is 2.82. The summed E-state index contributed by atoms with van der Waals surface area (Å²) in [7, 11) is -3.64. The summed E-state index contributed by atoms with van der Waals surface area (Å²) >= 11 is 0. The van der Waals surface area contributed by atoms with Crippen molar-refractivity contribution in [3.05, 3.63) is 23.8 Å². The highest BCUT2D eigenvalue weighted by Gasteiger charge is 2.32. The lowest BCUT2D eigenvalue weighted by Gasteiger charge is -2.30. The van der Waals surface area contributed by atoms with Crippen molar-refractivity contribution in [3.8, 4) is 5.75 Å². The molecule has 2 rings (SSSR count). The van der Waals surface area contributed by atoms with Gasteiger partial charge in [0.25, 0.3) is 0 Å². The van der Waals surface area contributed by atoms with Gasteiger partial charge in [0, 0.05) is 6.42 Å². The highest BCUT2D eigenvalue weighted by atomic mass is 32.2. The smallest absolute Gasteiger partial charge is 0.241 e. The summed E-state index contributed by atoms with van der Waals surface area (Å²) in [6, 6.07) is 4.88. The molecule has 0 aromatic heterocycles. The van der Waals surface area contributed by atoms with Crippen LogP contribution >= 0.6 is 0 Å². The standard InChI is InChI=1S/C14H21NO4S/c1-3-14(4-2,10-16)15-20(17,18)12-5-6-13-11(9-12)7-8-19-13/h5-6,9,15-16H,3-4,7-8,10H2,1-2H3. The second kappa shape index (κ2) is 5.71. The molecular formula is C14H21NO4S. The Morgan fingerprint density at radius 1 is 1.35 bits per heavy atom. The minimum atomic E-state index is -3.64. The first-order chi connectivity index (χ1) is 9.46. The number of sulfonamides is 1. The fourth-order valence-electron chi connectivity index (χ4n) is 2.32. The maximum Gasteiger partial charge on any atom is 0.241 e. The lowest BCUT2D eigenvalue weighted by atomic mass is 9.96. The molecule has 0 saturated carbocycles. The zero-order valence-electron chi connectivity index (χ0n) is 11.8. The van der Waals surface area contributed by atoms with Crippen LogP contribution in [0.2, 0.25) is 0 Å². The average molecular weight is 299 g/mol. The molecule has 0 aliphatic carbocycles. The van der Waals surface area contributed by atoms with Gasteiger partial charge in [0.1, 0.15) is 5.75 Å². The van der Waals surface area contributed by atoms with Crippen molar-refractivity contribution in [2.24, 2.45) is 0 Å². The summed E-state index contributed by atoms with van der Waals surface area (Å²) in [6.45, 7) is 4.10. The van der Waals surface area contributed by atoms with E-state index in [1.54, 1.807) is 18.2 Å². The fourth-order valence-corrected chi connectivity index (χ4v) is 3.91. The molecule has 20 heavy (non-hydrogen) atoms. The van der Waals surface area contributed by atoms with Gasteiger partial charge in [-0.25, -0.2) is 13.1 Å². The molecule has 0 atom stereocenters. The normalized spacial score (nSPS) is 14.9. The van der Waals surface area contributed by atoms with Crippen LogP contribution < -0.4 is 9.46 Å². The summed E-state index contributed by atoms with van der Waals surface area (Å²) in [5.41, 5.74) is 0.115. The molecule has 1 aliphatic heterocycles. The summed E-state index contributed by atoms with van der Waals surface area (Å²) in [6.07, 6.45) is 1.80. The Labute approximate surface area is 120 Å². The summed E-state index contributed by atoms with van der Waals surface area (Å²) in [5.74, 6) is 0.753. The number of aliphatic hydroxyl groups excluding tert-OH is 1. The van der Waals surface area contributed by atoms with Crippen LogP contribution in [0.25, 0.3) is 0 Å². The molecule has 1 aromatic carbocycles. The second-order valence-corrected chi connectivity index (χ2v) is 6.80.